The molecule has 0 N–H and O–H groups in total. The molecule has 2 aliphatic heterocycles. The van der Waals surface area contributed by atoms with Crippen molar-refractivity contribution in [2.24, 2.45) is 7.05 Å². The van der Waals surface area contributed by atoms with E-state index >= 15 is 0 Å². The summed E-state index contributed by atoms with van der Waals surface area (Å²) < 4.78 is 1.96. The first kappa shape index (κ1) is 14.0. The summed E-state index contributed by atoms with van der Waals surface area (Å²) >= 11 is 6.13. The maximum Gasteiger partial charge on any atom is 0.230 e. The van der Waals surface area contributed by atoms with E-state index in [9.17, 15) is 10.1 Å². The molecule has 0 atom stereocenters. The Balaban J connectivity index is 2.27. The van der Waals surface area contributed by atoms with Gasteiger partial charge >= 0.3 is 0 Å². The zero-order chi connectivity index (χ0) is 16.1. The second kappa shape index (κ2) is 4.93. The van der Waals surface area contributed by atoms with E-state index in [1.54, 1.807) is 12.1 Å². The maximum atomic E-state index is 11.2. The Labute approximate surface area is 136 Å². The number of hydrogen-bond acceptors (Lipinski definition) is 3. The van der Waals surface area contributed by atoms with Crippen LogP contribution in [0.4, 0.5) is 0 Å². The molecular weight excluding hydrogens is 314 g/mol. The van der Waals surface area contributed by atoms with Crippen LogP contribution in [0.15, 0.2) is 42.5 Å². The van der Waals surface area contributed by atoms with Crippen molar-refractivity contribution >= 4 is 33.4 Å². The van der Waals surface area contributed by atoms with E-state index in [0.29, 0.717) is 10.6 Å². The normalized spacial score (nSPS) is 11.6. The number of hydrogen-bond donors (Lipinski definition) is 0. The lowest BCUT2D eigenvalue weighted by Gasteiger charge is -2.15. The van der Waals surface area contributed by atoms with Crippen LogP contribution in [-0.4, -0.2) is 14.5 Å². The smallest absolute Gasteiger partial charge is 0.230 e. The molecule has 2 heterocycles. The molecule has 114 valence electrons. The Morgan fingerprint density at radius 1 is 1.22 bits per heavy atom. The van der Waals surface area contributed by atoms with E-state index in [0.717, 1.165) is 33.2 Å². The molecule has 2 aliphatic rings. The van der Waals surface area contributed by atoms with Crippen molar-refractivity contribution in [1.29, 1.82) is 0 Å². The molecule has 0 saturated carbocycles. The minimum absolute atomic E-state index is 0.260. The van der Waals surface area contributed by atoms with Crippen molar-refractivity contribution in [2.45, 2.75) is 6.54 Å². The topological polar surface area (TPSA) is 61.0 Å². The summed E-state index contributed by atoms with van der Waals surface area (Å²) in [5.74, 6) is 0.748. The Hall–Kier alpha value is -2.66. The molecule has 0 radical (unpaired) electrons. The summed E-state index contributed by atoms with van der Waals surface area (Å²) in [6.45, 7) is -0.260. The largest absolute Gasteiger partial charge is 0.328 e. The number of rotatable bonds is 2. The highest BCUT2D eigenvalue weighted by molar-refractivity contribution is 6.31. The van der Waals surface area contributed by atoms with Gasteiger partial charge in [-0.25, -0.2) is 4.98 Å². The van der Waals surface area contributed by atoms with Crippen LogP contribution in [-0.2, 0) is 13.6 Å². The van der Waals surface area contributed by atoms with Crippen LogP contribution in [0.3, 0.4) is 0 Å². The van der Waals surface area contributed by atoms with Gasteiger partial charge in [0.25, 0.3) is 0 Å². The second-order valence-corrected chi connectivity index (χ2v) is 5.95. The van der Waals surface area contributed by atoms with Crippen LogP contribution in [0.5, 0.6) is 0 Å². The standard InChI is InChI=1S/C17H12ClN3O2/c1-20-15-7-6-10(18)8-12(15)13(9-21(22)23)16-11-4-2-3-5-14(11)19-17(16)20/h2-8H,9H2,1H3. The fourth-order valence-electron chi connectivity index (χ4n) is 3.20. The third-order valence-corrected chi connectivity index (χ3v) is 4.41. The summed E-state index contributed by atoms with van der Waals surface area (Å²) in [5, 5.41) is 13.5. The monoisotopic (exact) mass is 325 g/mol. The molecule has 6 heteroatoms. The first-order chi connectivity index (χ1) is 11.1. The number of aryl methyl sites for hydroxylation is 1. The summed E-state index contributed by atoms with van der Waals surface area (Å²) in [7, 11) is 1.92. The van der Waals surface area contributed by atoms with E-state index in [1.165, 1.54) is 0 Å². The highest BCUT2D eigenvalue weighted by Crippen LogP contribution is 2.39. The van der Waals surface area contributed by atoms with Crippen molar-refractivity contribution in [3.8, 4) is 11.4 Å². The van der Waals surface area contributed by atoms with Gasteiger partial charge in [-0.1, -0.05) is 29.8 Å². The van der Waals surface area contributed by atoms with Crippen LogP contribution in [0.2, 0.25) is 5.02 Å². The van der Waals surface area contributed by atoms with Gasteiger partial charge in [-0.05, 0) is 24.3 Å². The van der Waals surface area contributed by atoms with Crippen molar-refractivity contribution in [3.05, 3.63) is 63.2 Å². The Kier molecular flexibility index (Phi) is 2.99. The van der Waals surface area contributed by atoms with Crippen LogP contribution in [0, 0.1) is 10.1 Å². The SMILES string of the molecule is Cn1c2nc3ccccc3c-2c(C[N+](=O)[O-])c2cc(Cl)ccc21. The molecule has 2 aromatic carbocycles. The highest BCUT2D eigenvalue weighted by Gasteiger charge is 2.24. The van der Waals surface area contributed by atoms with Crippen molar-refractivity contribution < 1.29 is 4.92 Å². The van der Waals surface area contributed by atoms with Crippen LogP contribution < -0.4 is 0 Å². The first-order valence-electron chi connectivity index (χ1n) is 7.13. The number of para-hydroxylation sites is 1. The molecule has 0 amide bonds. The average Bonchev–Trinajstić information content (AvgIpc) is 2.91. The van der Waals surface area contributed by atoms with Gasteiger partial charge in [0.05, 0.1) is 5.52 Å². The number of pyridine rings is 1. The maximum absolute atomic E-state index is 11.2. The third-order valence-electron chi connectivity index (χ3n) is 4.18. The second-order valence-electron chi connectivity index (χ2n) is 5.52. The molecule has 2 aromatic rings. The minimum Gasteiger partial charge on any atom is -0.328 e. The Morgan fingerprint density at radius 2 is 2.00 bits per heavy atom. The number of aromatic nitrogens is 2. The van der Waals surface area contributed by atoms with E-state index < -0.39 is 0 Å². The predicted octanol–water partition coefficient (Wildman–Crippen LogP) is 4.26. The van der Waals surface area contributed by atoms with Gasteiger partial charge in [-0.2, -0.15) is 0 Å². The molecule has 0 aliphatic carbocycles. The van der Waals surface area contributed by atoms with Gasteiger partial charge in [0, 0.05) is 44.4 Å². The van der Waals surface area contributed by atoms with Gasteiger partial charge in [0.1, 0.15) is 5.82 Å². The highest BCUT2D eigenvalue weighted by atomic mass is 35.5. The van der Waals surface area contributed by atoms with E-state index in [2.05, 4.69) is 4.98 Å². The summed E-state index contributed by atoms with van der Waals surface area (Å²) in [4.78, 5) is 15.6. The van der Waals surface area contributed by atoms with E-state index in [4.69, 9.17) is 11.6 Å². The molecule has 5 nitrogen and oxygen atoms in total. The number of halogens is 1. The molecule has 23 heavy (non-hydrogen) atoms. The lowest BCUT2D eigenvalue weighted by atomic mass is 9.99. The molecular formula is C17H12ClN3O2. The fourth-order valence-corrected chi connectivity index (χ4v) is 3.37. The molecule has 4 rings (SSSR count). The molecule has 0 unspecified atom stereocenters. The van der Waals surface area contributed by atoms with Crippen LogP contribution in [0.25, 0.3) is 33.2 Å². The van der Waals surface area contributed by atoms with Gasteiger partial charge in [0.2, 0.25) is 6.54 Å². The van der Waals surface area contributed by atoms with Crippen LogP contribution in [0.1, 0.15) is 5.56 Å². The van der Waals surface area contributed by atoms with Gasteiger partial charge < -0.3 is 4.57 Å². The fraction of sp³-hybridized carbons (Fsp3) is 0.118. The van der Waals surface area contributed by atoms with Crippen molar-refractivity contribution in [1.82, 2.24) is 9.55 Å². The summed E-state index contributed by atoms with van der Waals surface area (Å²) in [6.07, 6.45) is 0. The Morgan fingerprint density at radius 3 is 2.78 bits per heavy atom. The molecule has 0 saturated heterocycles. The number of benzene rings is 2. The van der Waals surface area contributed by atoms with Gasteiger partial charge in [-0.15, -0.1) is 0 Å². The van der Waals surface area contributed by atoms with Gasteiger partial charge in [0.15, 0.2) is 0 Å². The third kappa shape index (κ3) is 2.04. The lowest BCUT2D eigenvalue weighted by molar-refractivity contribution is -0.496. The number of nitrogens with zero attached hydrogens (tertiary/aromatic N) is 3. The number of fused-ring (bicyclic) bond motifs is 4. The predicted molar refractivity (Wildman–Crippen MR) is 90.6 cm³/mol. The minimum atomic E-state index is -0.309. The molecule has 0 aromatic heterocycles. The molecule has 0 spiro atoms. The van der Waals surface area contributed by atoms with Crippen LogP contribution >= 0.6 is 11.6 Å². The Bertz CT molecular complexity index is 1050. The molecule has 0 bridgehead atoms. The lowest BCUT2D eigenvalue weighted by Crippen LogP contribution is -2.07. The van der Waals surface area contributed by atoms with E-state index in [1.807, 2.05) is 41.9 Å². The number of nitro groups is 1. The quantitative estimate of drug-likeness (QED) is 0.408. The van der Waals surface area contributed by atoms with Crippen molar-refractivity contribution in [3.63, 3.8) is 0 Å². The van der Waals surface area contributed by atoms with E-state index in [-0.39, 0.29) is 11.5 Å². The zero-order valence-corrected chi connectivity index (χ0v) is 13.0. The summed E-state index contributed by atoms with van der Waals surface area (Å²) in [6, 6.07) is 13.2. The van der Waals surface area contributed by atoms with Gasteiger partial charge in [-0.3, -0.25) is 10.1 Å². The zero-order valence-electron chi connectivity index (χ0n) is 12.3. The first-order valence-corrected chi connectivity index (χ1v) is 7.51. The van der Waals surface area contributed by atoms with Crippen molar-refractivity contribution in [2.75, 3.05) is 0 Å². The summed E-state index contributed by atoms with van der Waals surface area (Å²) in [5.41, 5.74) is 3.20. The average molecular weight is 326 g/mol. The molecule has 0 fully saturated rings.